The minimum atomic E-state index is 0.0823. The van der Waals surface area contributed by atoms with Gasteiger partial charge in [-0.15, -0.1) is 22.7 Å². The Labute approximate surface area is 104 Å². The van der Waals surface area contributed by atoms with Gasteiger partial charge >= 0.3 is 0 Å². The normalized spacial score (nSPS) is 13.0. The Morgan fingerprint density at radius 3 is 2.62 bits per heavy atom. The molecule has 0 spiro atoms. The molecule has 0 aliphatic rings. The van der Waals surface area contributed by atoms with Crippen LogP contribution in [-0.4, -0.2) is 4.98 Å². The van der Waals surface area contributed by atoms with Gasteiger partial charge < -0.3 is 5.73 Å². The molecule has 86 valence electrons. The number of thiazole rings is 1. The summed E-state index contributed by atoms with van der Waals surface area (Å²) in [6, 6.07) is 2.28. The molecule has 16 heavy (non-hydrogen) atoms. The van der Waals surface area contributed by atoms with E-state index in [2.05, 4.69) is 30.3 Å². The quantitative estimate of drug-likeness (QED) is 0.909. The van der Waals surface area contributed by atoms with Crippen LogP contribution in [0.4, 0.5) is 0 Å². The van der Waals surface area contributed by atoms with Crippen molar-refractivity contribution in [3.8, 4) is 0 Å². The monoisotopic (exact) mass is 252 g/mol. The van der Waals surface area contributed by atoms with E-state index < -0.39 is 0 Å². The highest BCUT2D eigenvalue weighted by Crippen LogP contribution is 2.27. The van der Waals surface area contributed by atoms with Crippen molar-refractivity contribution in [1.82, 2.24) is 4.98 Å². The van der Waals surface area contributed by atoms with E-state index >= 15 is 0 Å². The smallest absolute Gasteiger partial charge is 0.0897 e. The van der Waals surface area contributed by atoms with Crippen LogP contribution in [0.25, 0.3) is 0 Å². The van der Waals surface area contributed by atoms with Gasteiger partial charge in [0, 0.05) is 27.6 Å². The largest absolute Gasteiger partial charge is 0.323 e. The number of nitrogens with two attached hydrogens (primary N) is 1. The highest BCUT2D eigenvalue weighted by Gasteiger charge is 2.12. The van der Waals surface area contributed by atoms with E-state index in [9.17, 15) is 0 Å². The zero-order chi connectivity index (χ0) is 11.7. The molecule has 2 heterocycles. The zero-order valence-electron chi connectivity index (χ0n) is 9.78. The fraction of sp³-hybridized carbons (Fsp3) is 0.417. The van der Waals surface area contributed by atoms with Gasteiger partial charge in [0.1, 0.15) is 0 Å². The van der Waals surface area contributed by atoms with Crippen LogP contribution in [-0.2, 0) is 6.42 Å². The molecule has 0 amide bonds. The first-order valence-electron chi connectivity index (χ1n) is 5.30. The van der Waals surface area contributed by atoms with Crippen molar-refractivity contribution in [2.24, 2.45) is 5.73 Å². The third-order valence-electron chi connectivity index (χ3n) is 2.65. The summed E-state index contributed by atoms with van der Waals surface area (Å²) >= 11 is 3.49. The molecule has 0 saturated heterocycles. The molecule has 2 rings (SSSR count). The summed E-state index contributed by atoms with van der Waals surface area (Å²) in [5.74, 6) is 0. The van der Waals surface area contributed by atoms with Gasteiger partial charge in [0.2, 0.25) is 0 Å². The first-order chi connectivity index (χ1) is 7.56. The summed E-state index contributed by atoms with van der Waals surface area (Å²) in [4.78, 5) is 7.07. The fourth-order valence-electron chi connectivity index (χ4n) is 1.61. The van der Waals surface area contributed by atoms with Gasteiger partial charge in [-0.1, -0.05) is 0 Å². The topological polar surface area (TPSA) is 38.9 Å². The van der Waals surface area contributed by atoms with Crippen LogP contribution in [0, 0.1) is 20.8 Å². The van der Waals surface area contributed by atoms with Crippen molar-refractivity contribution in [1.29, 1.82) is 0 Å². The van der Waals surface area contributed by atoms with Crippen LogP contribution in [0.2, 0.25) is 0 Å². The van der Waals surface area contributed by atoms with Gasteiger partial charge in [-0.2, -0.15) is 0 Å². The first kappa shape index (κ1) is 11.8. The molecule has 1 unspecified atom stereocenters. The predicted molar refractivity (Wildman–Crippen MR) is 71.3 cm³/mol. The molecular weight excluding hydrogens is 236 g/mol. The van der Waals surface area contributed by atoms with E-state index in [-0.39, 0.29) is 6.04 Å². The Bertz CT molecular complexity index is 465. The van der Waals surface area contributed by atoms with Gasteiger partial charge in [-0.3, -0.25) is 0 Å². The van der Waals surface area contributed by atoms with Crippen LogP contribution in [0.15, 0.2) is 11.4 Å². The molecular formula is C12H16N2S2. The summed E-state index contributed by atoms with van der Waals surface area (Å²) in [6.07, 6.45) is 0.837. The third-order valence-corrected chi connectivity index (χ3v) is 4.75. The van der Waals surface area contributed by atoms with E-state index in [1.54, 1.807) is 22.7 Å². The number of aryl methyl sites for hydroxylation is 3. The number of aromatic nitrogens is 1. The summed E-state index contributed by atoms with van der Waals surface area (Å²) < 4.78 is 0. The molecule has 0 aromatic carbocycles. The van der Waals surface area contributed by atoms with Crippen LogP contribution >= 0.6 is 22.7 Å². The maximum absolute atomic E-state index is 6.19. The van der Waals surface area contributed by atoms with Crippen molar-refractivity contribution in [3.63, 3.8) is 0 Å². The summed E-state index contributed by atoms with van der Waals surface area (Å²) in [5, 5.41) is 3.21. The van der Waals surface area contributed by atoms with Gasteiger partial charge in [0.25, 0.3) is 0 Å². The number of nitrogens with zero attached hydrogens (tertiary/aromatic N) is 1. The molecule has 0 fully saturated rings. The Kier molecular flexibility index (Phi) is 3.42. The molecule has 2 N–H and O–H groups in total. The number of hydrogen-bond acceptors (Lipinski definition) is 4. The Morgan fingerprint density at radius 2 is 2.12 bits per heavy atom. The van der Waals surface area contributed by atoms with E-state index in [0.29, 0.717) is 0 Å². The van der Waals surface area contributed by atoms with Crippen LogP contribution < -0.4 is 5.73 Å². The lowest BCUT2D eigenvalue weighted by atomic mass is 10.1. The number of hydrogen-bond donors (Lipinski definition) is 1. The average molecular weight is 252 g/mol. The van der Waals surface area contributed by atoms with E-state index in [4.69, 9.17) is 5.73 Å². The Balaban J connectivity index is 2.11. The second-order valence-corrected chi connectivity index (χ2v) is 6.41. The highest BCUT2D eigenvalue weighted by atomic mass is 32.1. The minimum absolute atomic E-state index is 0.0823. The molecule has 1 atom stereocenters. The number of rotatable bonds is 3. The molecule has 0 radical (unpaired) electrons. The maximum atomic E-state index is 6.19. The summed E-state index contributed by atoms with van der Waals surface area (Å²) in [7, 11) is 0. The standard InChI is InChI=1S/C12H16N2S2/c1-7-4-12(16-8(7)2)11(13)5-10-6-15-9(3)14-10/h4,6,11H,5,13H2,1-3H3. The predicted octanol–water partition coefficient (Wildman–Crippen LogP) is 3.37. The van der Waals surface area contributed by atoms with Crippen LogP contribution in [0.5, 0.6) is 0 Å². The van der Waals surface area contributed by atoms with Gasteiger partial charge in [0.15, 0.2) is 0 Å². The van der Waals surface area contributed by atoms with Crippen LogP contribution in [0.1, 0.15) is 32.1 Å². The summed E-state index contributed by atoms with van der Waals surface area (Å²) in [5.41, 5.74) is 8.64. The third kappa shape index (κ3) is 2.51. The molecule has 2 aromatic heterocycles. The van der Waals surface area contributed by atoms with E-state index in [1.165, 1.54) is 15.3 Å². The molecule has 0 bridgehead atoms. The molecule has 4 heteroatoms. The summed E-state index contributed by atoms with van der Waals surface area (Å²) in [6.45, 7) is 6.30. The van der Waals surface area contributed by atoms with E-state index in [0.717, 1.165) is 17.1 Å². The van der Waals surface area contributed by atoms with Crippen molar-refractivity contribution in [2.45, 2.75) is 33.2 Å². The van der Waals surface area contributed by atoms with Gasteiger partial charge in [0.05, 0.1) is 10.7 Å². The second kappa shape index (κ2) is 4.65. The Hall–Kier alpha value is -0.710. The van der Waals surface area contributed by atoms with Crippen molar-refractivity contribution in [2.75, 3.05) is 0 Å². The van der Waals surface area contributed by atoms with E-state index in [1.807, 2.05) is 6.92 Å². The second-order valence-electron chi connectivity index (χ2n) is 4.06. The first-order valence-corrected chi connectivity index (χ1v) is 6.99. The molecule has 0 saturated carbocycles. The Morgan fingerprint density at radius 1 is 1.38 bits per heavy atom. The molecule has 2 nitrogen and oxygen atoms in total. The zero-order valence-corrected chi connectivity index (χ0v) is 11.4. The number of thiophene rings is 1. The molecule has 2 aromatic rings. The fourth-order valence-corrected chi connectivity index (χ4v) is 3.28. The van der Waals surface area contributed by atoms with Crippen molar-refractivity contribution >= 4 is 22.7 Å². The van der Waals surface area contributed by atoms with Crippen molar-refractivity contribution < 1.29 is 0 Å². The maximum Gasteiger partial charge on any atom is 0.0897 e. The highest BCUT2D eigenvalue weighted by molar-refractivity contribution is 7.12. The molecule has 0 aliphatic heterocycles. The SMILES string of the molecule is Cc1nc(CC(N)c2cc(C)c(C)s2)cs1. The van der Waals surface area contributed by atoms with Crippen LogP contribution in [0.3, 0.4) is 0 Å². The lowest BCUT2D eigenvalue weighted by Gasteiger charge is -2.06. The minimum Gasteiger partial charge on any atom is -0.323 e. The van der Waals surface area contributed by atoms with Gasteiger partial charge in [-0.05, 0) is 32.4 Å². The lowest BCUT2D eigenvalue weighted by molar-refractivity contribution is 0.722. The average Bonchev–Trinajstić information content (AvgIpc) is 2.75. The molecule has 0 aliphatic carbocycles. The van der Waals surface area contributed by atoms with Gasteiger partial charge in [-0.25, -0.2) is 4.98 Å². The lowest BCUT2D eigenvalue weighted by Crippen LogP contribution is -2.11. The van der Waals surface area contributed by atoms with Crippen molar-refractivity contribution in [3.05, 3.63) is 37.5 Å².